The molecule has 2 aromatic rings. The molecule has 148 valence electrons. The Morgan fingerprint density at radius 1 is 1.14 bits per heavy atom. The summed E-state index contributed by atoms with van der Waals surface area (Å²) >= 11 is 6.53. The maximum absolute atomic E-state index is 12.2. The lowest BCUT2D eigenvalue weighted by Gasteiger charge is -2.19. The molecule has 0 fully saturated rings. The van der Waals surface area contributed by atoms with E-state index in [1.54, 1.807) is 24.3 Å². The second-order valence-electron chi connectivity index (χ2n) is 7.13. The third kappa shape index (κ3) is 6.17. The molecule has 0 saturated carbocycles. The van der Waals surface area contributed by atoms with Gasteiger partial charge in [-0.3, -0.25) is 9.59 Å². The number of amides is 2. The fourth-order valence-electron chi connectivity index (χ4n) is 2.28. The lowest BCUT2D eigenvalue weighted by molar-refractivity contribution is -0.120. The van der Waals surface area contributed by atoms with Crippen LogP contribution in [0.4, 0.5) is 0 Å². The minimum atomic E-state index is -0.482. The van der Waals surface area contributed by atoms with Gasteiger partial charge in [0.25, 0.3) is 11.8 Å². The van der Waals surface area contributed by atoms with Gasteiger partial charge < -0.3 is 10.4 Å². The lowest BCUT2D eigenvalue weighted by atomic mass is 9.87. The highest BCUT2D eigenvalue weighted by molar-refractivity contribution is 9.11. The van der Waals surface area contributed by atoms with E-state index < -0.39 is 5.91 Å². The third-order valence-electron chi connectivity index (χ3n) is 3.87. The fraction of sp³-hybridized carbons (Fsp3) is 0.250. The molecule has 0 spiro atoms. The number of hydrogen-bond acceptors (Lipinski definition) is 4. The first-order valence-electron chi connectivity index (χ1n) is 8.46. The zero-order valence-corrected chi connectivity index (χ0v) is 18.9. The minimum Gasteiger partial charge on any atom is -0.506 e. The van der Waals surface area contributed by atoms with Gasteiger partial charge in [0.2, 0.25) is 0 Å². The third-order valence-corrected chi connectivity index (χ3v) is 4.94. The van der Waals surface area contributed by atoms with Crippen LogP contribution in [-0.4, -0.2) is 29.7 Å². The highest BCUT2D eigenvalue weighted by Gasteiger charge is 2.14. The van der Waals surface area contributed by atoms with Gasteiger partial charge in [0.05, 0.1) is 17.2 Å². The highest BCUT2D eigenvalue weighted by Crippen LogP contribution is 2.30. The van der Waals surface area contributed by atoms with Gasteiger partial charge in [-0.1, -0.05) is 48.8 Å². The Morgan fingerprint density at radius 2 is 1.79 bits per heavy atom. The second kappa shape index (κ2) is 9.34. The maximum Gasteiger partial charge on any atom is 0.259 e. The van der Waals surface area contributed by atoms with Crippen molar-refractivity contribution in [3.63, 3.8) is 0 Å². The molecule has 0 aliphatic rings. The fourth-order valence-corrected chi connectivity index (χ4v) is 3.54. The van der Waals surface area contributed by atoms with Crippen molar-refractivity contribution in [2.45, 2.75) is 26.2 Å². The van der Waals surface area contributed by atoms with Crippen LogP contribution in [0, 0.1) is 0 Å². The van der Waals surface area contributed by atoms with E-state index in [4.69, 9.17) is 0 Å². The number of carbonyl (C=O) groups excluding carboxylic acids is 2. The Balaban J connectivity index is 1.88. The summed E-state index contributed by atoms with van der Waals surface area (Å²) in [5.74, 6) is -0.814. The molecule has 0 atom stereocenters. The molecular weight excluding hydrogens is 490 g/mol. The summed E-state index contributed by atoms with van der Waals surface area (Å²) in [7, 11) is 0. The quantitative estimate of drug-likeness (QED) is 0.418. The van der Waals surface area contributed by atoms with Crippen LogP contribution in [-0.2, 0) is 10.2 Å². The Labute approximate surface area is 180 Å². The Bertz CT molecular complexity index is 904. The van der Waals surface area contributed by atoms with Crippen LogP contribution in [0.25, 0.3) is 0 Å². The number of hydrogen-bond donors (Lipinski definition) is 3. The molecule has 0 aliphatic heterocycles. The van der Waals surface area contributed by atoms with Gasteiger partial charge >= 0.3 is 0 Å². The van der Waals surface area contributed by atoms with Gasteiger partial charge in [-0.15, -0.1) is 0 Å². The van der Waals surface area contributed by atoms with Crippen LogP contribution >= 0.6 is 31.9 Å². The van der Waals surface area contributed by atoms with E-state index in [0.29, 0.717) is 15.6 Å². The lowest BCUT2D eigenvalue weighted by Crippen LogP contribution is -2.34. The van der Waals surface area contributed by atoms with E-state index in [1.165, 1.54) is 6.21 Å². The molecule has 8 heteroatoms. The van der Waals surface area contributed by atoms with E-state index >= 15 is 0 Å². The van der Waals surface area contributed by atoms with Crippen molar-refractivity contribution >= 4 is 49.9 Å². The maximum atomic E-state index is 12.2. The first-order chi connectivity index (χ1) is 13.1. The van der Waals surface area contributed by atoms with Crippen molar-refractivity contribution in [3.8, 4) is 5.75 Å². The van der Waals surface area contributed by atoms with Gasteiger partial charge in [0.15, 0.2) is 0 Å². The molecule has 3 N–H and O–H groups in total. The van der Waals surface area contributed by atoms with Crippen molar-refractivity contribution in [1.82, 2.24) is 10.7 Å². The monoisotopic (exact) mass is 509 g/mol. The summed E-state index contributed by atoms with van der Waals surface area (Å²) < 4.78 is 1.24. The summed E-state index contributed by atoms with van der Waals surface area (Å²) in [6.45, 7) is 6.07. The number of phenolic OH excluding ortho intramolecular Hbond substituents is 1. The Hall–Kier alpha value is -2.19. The van der Waals surface area contributed by atoms with E-state index in [9.17, 15) is 14.7 Å². The molecule has 2 amide bonds. The van der Waals surface area contributed by atoms with Crippen molar-refractivity contribution in [2.24, 2.45) is 5.10 Å². The molecule has 0 saturated heterocycles. The van der Waals surface area contributed by atoms with Crippen LogP contribution < -0.4 is 10.7 Å². The van der Waals surface area contributed by atoms with Crippen molar-refractivity contribution in [2.75, 3.05) is 6.54 Å². The van der Waals surface area contributed by atoms with Gasteiger partial charge in [0, 0.05) is 15.6 Å². The molecule has 0 radical (unpaired) electrons. The topological polar surface area (TPSA) is 90.8 Å². The number of carbonyl (C=O) groups is 2. The number of phenols is 1. The summed E-state index contributed by atoms with van der Waals surface area (Å²) in [5, 5.41) is 16.3. The van der Waals surface area contributed by atoms with E-state index in [0.717, 1.165) is 10.0 Å². The average Bonchev–Trinajstić information content (AvgIpc) is 2.63. The molecule has 0 heterocycles. The first kappa shape index (κ1) is 22.1. The Kier molecular flexibility index (Phi) is 7.37. The normalized spacial score (nSPS) is 11.5. The SMILES string of the molecule is CC(C)(C)c1ccc(C(=O)NCC(=O)N/N=C\c2cc(Br)cc(Br)c2O)cc1. The zero-order chi connectivity index (χ0) is 20.9. The van der Waals surface area contributed by atoms with Crippen molar-refractivity contribution < 1.29 is 14.7 Å². The van der Waals surface area contributed by atoms with Crippen LogP contribution in [0.15, 0.2) is 50.4 Å². The zero-order valence-electron chi connectivity index (χ0n) is 15.7. The number of hydrazone groups is 1. The smallest absolute Gasteiger partial charge is 0.259 e. The highest BCUT2D eigenvalue weighted by atomic mass is 79.9. The summed E-state index contributed by atoms with van der Waals surface area (Å²) in [6, 6.07) is 10.6. The largest absolute Gasteiger partial charge is 0.506 e. The molecule has 2 rings (SSSR count). The summed E-state index contributed by atoms with van der Waals surface area (Å²) in [4.78, 5) is 24.0. The number of nitrogens with zero attached hydrogens (tertiary/aromatic N) is 1. The molecule has 0 aromatic heterocycles. The molecule has 0 bridgehead atoms. The number of nitrogens with one attached hydrogen (secondary N) is 2. The van der Waals surface area contributed by atoms with Crippen LogP contribution in [0.5, 0.6) is 5.75 Å². The molecular formula is C20H21Br2N3O3. The Morgan fingerprint density at radius 3 is 2.39 bits per heavy atom. The van der Waals surface area contributed by atoms with E-state index in [1.807, 2.05) is 12.1 Å². The average molecular weight is 511 g/mol. The summed E-state index contributed by atoms with van der Waals surface area (Å²) in [6.07, 6.45) is 1.32. The molecule has 6 nitrogen and oxygen atoms in total. The van der Waals surface area contributed by atoms with Crippen molar-refractivity contribution in [3.05, 3.63) is 62.0 Å². The predicted octanol–water partition coefficient (Wildman–Crippen LogP) is 4.09. The first-order valence-corrected chi connectivity index (χ1v) is 10.0. The number of halogens is 2. The number of aromatic hydroxyl groups is 1. The van der Waals surface area contributed by atoms with E-state index in [2.05, 4.69) is 68.5 Å². The minimum absolute atomic E-state index is 0.00522. The molecule has 2 aromatic carbocycles. The van der Waals surface area contributed by atoms with Gasteiger partial charge in [-0.25, -0.2) is 5.43 Å². The van der Waals surface area contributed by atoms with E-state index in [-0.39, 0.29) is 23.6 Å². The van der Waals surface area contributed by atoms with Gasteiger partial charge in [0.1, 0.15) is 5.75 Å². The van der Waals surface area contributed by atoms with Gasteiger partial charge in [-0.05, 0) is 51.2 Å². The second-order valence-corrected chi connectivity index (χ2v) is 8.90. The molecule has 28 heavy (non-hydrogen) atoms. The molecule has 0 aliphatic carbocycles. The standard InChI is InChI=1S/C20H21Br2N3O3/c1-20(2,3)14-6-4-12(5-7-14)19(28)23-11-17(26)25-24-10-13-8-15(21)9-16(22)18(13)27/h4-10,27H,11H2,1-3H3,(H,23,28)(H,25,26)/b24-10-. The van der Waals surface area contributed by atoms with Crippen LogP contribution in [0.1, 0.15) is 42.3 Å². The number of rotatable bonds is 5. The number of benzene rings is 2. The van der Waals surface area contributed by atoms with Crippen LogP contribution in [0.2, 0.25) is 0 Å². The summed E-state index contributed by atoms with van der Waals surface area (Å²) in [5.41, 5.74) is 4.34. The predicted molar refractivity (Wildman–Crippen MR) is 117 cm³/mol. The van der Waals surface area contributed by atoms with Crippen LogP contribution in [0.3, 0.4) is 0 Å². The van der Waals surface area contributed by atoms with Crippen molar-refractivity contribution in [1.29, 1.82) is 0 Å². The molecule has 0 unspecified atom stereocenters. The van der Waals surface area contributed by atoms with Gasteiger partial charge in [-0.2, -0.15) is 5.10 Å².